The lowest BCUT2D eigenvalue weighted by atomic mass is 9.88. The number of aliphatic hydroxyl groups is 1. The van der Waals surface area contributed by atoms with E-state index < -0.39 is 0 Å². The molecule has 1 amide bonds. The summed E-state index contributed by atoms with van der Waals surface area (Å²) < 4.78 is 0. The molecule has 3 atom stereocenters. The van der Waals surface area contributed by atoms with Crippen molar-refractivity contribution in [2.45, 2.75) is 70.6 Å². The van der Waals surface area contributed by atoms with Crippen LogP contribution >= 0.6 is 0 Å². The van der Waals surface area contributed by atoms with Crippen molar-refractivity contribution in [1.82, 2.24) is 10.2 Å². The Labute approximate surface area is 116 Å². The molecule has 0 aromatic heterocycles. The summed E-state index contributed by atoms with van der Waals surface area (Å²) in [6.07, 6.45) is 5.56. The highest BCUT2D eigenvalue weighted by Crippen LogP contribution is 2.26. The molecular formula is C15H28N2O2. The Hall–Kier alpha value is -0.610. The molecule has 3 unspecified atom stereocenters. The van der Waals surface area contributed by atoms with Gasteiger partial charge in [0.2, 0.25) is 5.91 Å². The van der Waals surface area contributed by atoms with Gasteiger partial charge in [-0.25, -0.2) is 0 Å². The number of likely N-dealkylation sites (tertiary alicyclic amines) is 1. The van der Waals surface area contributed by atoms with Crippen LogP contribution in [0.4, 0.5) is 0 Å². The lowest BCUT2D eigenvalue weighted by Crippen LogP contribution is -2.53. The lowest BCUT2D eigenvalue weighted by molar-refractivity contribution is -0.134. The predicted molar refractivity (Wildman–Crippen MR) is 75.8 cm³/mol. The van der Waals surface area contributed by atoms with Crippen molar-refractivity contribution < 1.29 is 9.90 Å². The third-order valence-corrected chi connectivity index (χ3v) is 4.31. The van der Waals surface area contributed by atoms with Crippen molar-refractivity contribution in [2.75, 3.05) is 13.1 Å². The van der Waals surface area contributed by atoms with Crippen LogP contribution in [0.15, 0.2) is 0 Å². The highest BCUT2D eigenvalue weighted by Gasteiger charge is 2.35. The molecule has 1 saturated carbocycles. The van der Waals surface area contributed by atoms with Crippen LogP contribution in [0.25, 0.3) is 0 Å². The van der Waals surface area contributed by atoms with Crippen molar-refractivity contribution in [3.63, 3.8) is 0 Å². The minimum atomic E-state index is -0.277. The van der Waals surface area contributed by atoms with Gasteiger partial charge >= 0.3 is 0 Å². The van der Waals surface area contributed by atoms with Gasteiger partial charge in [-0.1, -0.05) is 13.8 Å². The van der Waals surface area contributed by atoms with Gasteiger partial charge in [0.05, 0.1) is 6.10 Å². The molecule has 1 heterocycles. The Morgan fingerprint density at radius 1 is 1.32 bits per heavy atom. The fourth-order valence-electron chi connectivity index (χ4n) is 3.03. The molecule has 2 fully saturated rings. The van der Waals surface area contributed by atoms with E-state index >= 15 is 0 Å². The molecule has 1 aliphatic heterocycles. The Morgan fingerprint density at radius 2 is 2.05 bits per heavy atom. The Bertz CT molecular complexity index is 305. The van der Waals surface area contributed by atoms with Gasteiger partial charge in [0.25, 0.3) is 0 Å². The van der Waals surface area contributed by atoms with Crippen LogP contribution in [-0.4, -0.2) is 47.2 Å². The largest absolute Gasteiger partial charge is 0.393 e. The SMILES string of the molecule is CCCC(=O)N1CC(NC2CC2)CC(C(O)CC)C1. The Morgan fingerprint density at radius 3 is 2.63 bits per heavy atom. The predicted octanol–water partition coefficient (Wildman–Crippen LogP) is 1.53. The molecule has 2 aliphatic rings. The molecule has 0 aromatic carbocycles. The molecular weight excluding hydrogens is 240 g/mol. The van der Waals surface area contributed by atoms with E-state index in [-0.39, 0.29) is 17.9 Å². The maximum atomic E-state index is 12.1. The van der Waals surface area contributed by atoms with Gasteiger partial charge in [-0.15, -0.1) is 0 Å². The quantitative estimate of drug-likeness (QED) is 0.768. The highest BCUT2D eigenvalue weighted by molar-refractivity contribution is 5.76. The zero-order valence-electron chi connectivity index (χ0n) is 12.3. The van der Waals surface area contributed by atoms with E-state index in [0.29, 0.717) is 18.5 Å². The van der Waals surface area contributed by atoms with Gasteiger partial charge < -0.3 is 15.3 Å². The summed E-state index contributed by atoms with van der Waals surface area (Å²) in [4.78, 5) is 14.1. The summed E-state index contributed by atoms with van der Waals surface area (Å²) in [5.41, 5.74) is 0. The number of hydrogen-bond donors (Lipinski definition) is 2. The van der Waals surface area contributed by atoms with Crippen molar-refractivity contribution in [1.29, 1.82) is 0 Å². The van der Waals surface area contributed by atoms with Crippen molar-refractivity contribution in [3.05, 3.63) is 0 Å². The number of carbonyl (C=O) groups is 1. The van der Waals surface area contributed by atoms with Gasteiger partial charge in [-0.3, -0.25) is 4.79 Å². The van der Waals surface area contributed by atoms with Gasteiger partial charge in [-0.05, 0) is 32.1 Å². The minimum Gasteiger partial charge on any atom is -0.393 e. The monoisotopic (exact) mass is 268 g/mol. The molecule has 0 bridgehead atoms. The van der Waals surface area contributed by atoms with E-state index in [4.69, 9.17) is 0 Å². The number of nitrogens with one attached hydrogen (secondary N) is 1. The van der Waals surface area contributed by atoms with E-state index in [1.807, 2.05) is 18.7 Å². The number of nitrogens with zero attached hydrogens (tertiary/aromatic N) is 1. The summed E-state index contributed by atoms with van der Waals surface area (Å²) in [5.74, 6) is 0.480. The van der Waals surface area contributed by atoms with Gasteiger partial charge in [0.1, 0.15) is 0 Å². The number of rotatable bonds is 6. The summed E-state index contributed by atoms with van der Waals surface area (Å²) in [6.45, 7) is 5.61. The van der Waals surface area contributed by atoms with Crippen LogP contribution in [0.2, 0.25) is 0 Å². The van der Waals surface area contributed by atoms with Crippen molar-refractivity contribution >= 4 is 5.91 Å². The van der Waals surface area contributed by atoms with E-state index in [0.717, 1.165) is 32.4 Å². The molecule has 0 spiro atoms. The number of amides is 1. The van der Waals surface area contributed by atoms with Crippen LogP contribution in [0.3, 0.4) is 0 Å². The second-order valence-corrected chi connectivity index (χ2v) is 6.16. The maximum absolute atomic E-state index is 12.1. The first kappa shape index (κ1) is 14.8. The summed E-state index contributed by atoms with van der Waals surface area (Å²) in [7, 11) is 0. The Balaban J connectivity index is 1.95. The maximum Gasteiger partial charge on any atom is 0.222 e. The lowest BCUT2D eigenvalue weighted by Gasteiger charge is -2.40. The van der Waals surface area contributed by atoms with E-state index in [9.17, 15) is 9.90 Å². The standard InChI is InChI=1S/C15H28N2O2/c1-3-5-15(19)17-9-11(14(18)4-2)8-13(10-17)16-12-6-7-12/h11-14,16,18H,3-10H2,1-2H3. The van der Waals surface area contributed by atoms with E-state index in [1.54, 1.807) is 0 Å². The molecule has 0 aromatic rings. The molecule has 4 heteroatoms. The summed E-state index contributed by atoms with van der Waals surface area (Å²) in [6, 6.07) is 1.03. The first-order valence-electron chi connectivity index (χ1n) is 7.85. The second kappa shape index (κ2) is 6.71. The van der Waals surface area contributed by atoms with Crippen molar-refractivity contribution in [2.24, 2.45) is 5.92 Å². The summed E-state index contributed by atoms with van der Waals surface area (Å²) in [5, 5.41) is 13.7. The second-order valence-electron chi connectivity index (χ2n) is 6.16. The highest BCUT2D eigenvalue weighted by atomic mass is 16.3. The zero-order valence-corrected chi connectivity index (χ0v) is 12.3. The third kappa shape index (κ3) is 4.18. The van der Waals surface area contributed by atoms with Crippen LogP contribution in [0, 0.1) is 5.92 Å². The summed E-state index contributed by atoms with van der Waals surface area (Å²) >= 11 is 0. The first-order chi connectivity index (χ1) is 9.13. The topological polar surface area (TPSA) is 52.6 Å². The molecule has 1 saturated heterocycles. The average molecular weight is 268 g/mol. The first-order valence-corrected chi connectivity index (χ1v) is 7.85. The molecule has 4 nitrogen and oxygen atoms in total. The molecule has 2 rings (SSSR count). The number of carbonyl (C=O) groups excluding carboxylic acids is 1. The zero-order chi connectivity index (χ0) is 13.8. The number of hydrogen-bond acceptors (Lipinski definition) is 3. The fraction of sp³-hybridized carbons (Fsp3) is 0.933. The average Bonchev–Trinajstić information content (AvgIpc) is 3.21. The smallest absolute Gasteiger partial charge is 0.222 e. The third-order valence-electron chi connectivity index (χ3n) is 4.31. The van der Waals surface area contributed by atoms with Crippen LogP contribution in [-0.2, 0) is 4.79 Å². The van der Waals surface area contributed by atoms with Crippen LogP contribution in [0.1, 0.15) is 52.4 Å². The normalized spacial score (nSPS) is 29.3. The van der Waals surface area contributed by atoms with Gasteiger partial charge in [-0.2, -0.15) is 0 Å². The molecule has 110 valence electrons. The molecule has 1 aliphatic carbocycles. The number of aliphatic hydroxyl groups excluding tert-OH is 1. The Kier molecular flexibility index (Phi) is 5.22. The van der Waals surface area contributed by atoms with E-state index in [2.05, 4.69) is 5.32 Å². The minimum absolute atomic E-state index is 0.232. The van der Waals surface area contributed by atoms with Gasteiger partial charge in [0, 0.05) is 37.5 Å². The molecule has 19 heavy (non-hydrogen) atoms. The van der Waals surface area contributed by atoms with E-state index in [1.165, 1.54) is 12.8 Å². The van der Waals surface area contributed by atoms with Crippen molar-refractivity contribution in [3.8, 4) is 0 Å². The molecule has 2 N–H and O–H groups in total. The fourth-order valence-corrected chi connectivity index (χ4v) is 3.03. The van der Waals surface area contributed by atoms with Gasteiger partial charge in [0.15, 0.2) is 0 Å². The molecule has 0 radical (unpaired) electrons. The van der Waals surface area contributed by atoms with Crippen LogP contribution in [0.5, 0.6) is 0 Å². The number of piperidine rings is 1. The van der Waals surface area contributed by atoms with Crippen LogP contribution < -0.4 is 5.32 Å².